The van der Waals surface area contributed by atoms with Gasteiger partial charge in [0.05, 0.1) is 16.2 Å². The number of aliphatic hydroxyl groups is 1. The zero-order valence-corrected chi connectivity index (χ0v) is 12.3. The van der Waals surface area contributed by atoms with E-state index >= 15 is 0 Å². The van der Waals surface area contributed by atoms with Crippen LogP contribution in [0.25, 0.3) is 0 Å². The molecule has 2 rings (SSSR count). The van der Waals surface area contributed by atoms with Crippen LogP contribution in [-0.2, 0) is 9.84 Å². The van der Waals surface area contributed by atoms with E-state index < -0.39 is 21.2 Å². The molecule has 0 amide bonds. The van der Waals surface area contributed by atoms with Crippen LogP contribution in [0.3, 0.4) is 0 Å². The second-order valence-corrected chi connectivity index (χ2v) is 7.22. The zero-order chi connectivity index (χ0) is 14.8. The summed E-state index contributed by atoms with van der Waals surface area (Å²) >= 11 is 0. The van der Waals surface area contributed by atoms with Crippen molar-refractivity contribution in [3.8, 4) is 0 Å². The van der Waals surface area contributed by atoms with Gasteiger partial charge in [0, 0.05) is 0 Å². The minimum absolute atomic E-state index is 0.241. The fourth-order valence-electron chi connectivity index (χ4n) is 2.03. The van der Waals surface area contributed by atoms with Crippen LogP contribution in [0.1, 0.15) is 24.2 Å². The number of aliphatic hydroxyl groups excluding tert-OH is 1. The van der Waals surface area contributed by atoms with Crippen molar-refractivity contribution in [2.24, 2.45) is 0 Å². The van der Waals surface area contributed by atoms with Gasteiger partial charge in [-0.25, -0.2) is 8.42 Å². The minimum atomic E-state index is -3.55. The molecule has 1 N–H and O–H groups in total. The Kier molecular flexibility index (Phi) is 4.26. The average Bonchev–Trinajstić information content (AvgIpc) is 2.47. The van der Waals surface area contributed by atoms with E-state index in [9.17, 15) is 13.5 Å². The molecule has 0 radical (unpaired) electrons. The van der Waals surface area contributed by atoms with Gasteiger partial charge in [0.2, 0.25) is 0 Å². The summed E-state index contributed by atoms with van der Waals surface area (Å²) in [4.78, 5) is 0.241. The van der Waals surface area contributed by atoms with Crippen LogP contribution in [0, 0.1) is 6.92 Å². The topological polar surface area (TPSA) is 54.4 Å². The fourth-order valence-corrected chi connectivity index (χ4v) is 3.47. The van der Waals surface area contributed by atoms with Crippen molar-refractivity contribution >= 4 is 9.84 Å². The lowest BCUT2D eigenvalue weighted by molar-refractivity contribution is 0.176. The molecule has 0 unspecified atom stereocenters. The first-order valence-electron chi connectivity index (χ1n) is 6.46. The average molecular weight is 290 g/mol. The molecule has 2 atom stereocenters. The van der Waals surface area contributed by atoms with Crippen LogP contribution >= 0.6 is 0 Å². The zero-order valence-electron chi connectivity index (χ0n) is 11.5. The Morgan fingerprint density at radius 1 is 0.950 bits per heavy atom. The molecule has 0 aliphatic rings. The summed E-state index contributed by atoms with van der Waals surface area (Å²) in [6, 6.07) is 15.5. The molecule has 0 aliphatic heterocycles. The summed E-state index contributed by atoms with van der Waals surface area (Å²) < 4.78 is 25.0. The number of sulfone groups is 1. The van der Waals surface area contributed by atoms with Gasteiger partial charge >= 0.3 is 0 Å². The van der Waals surface area contributed by atoms with Crippen molar-refractivity contribution in [3.05, 3.63) is 65.7 Å². The summed E-state index contributed by atoms with van der Waals surface area (Å²) in [6.07, 6.45) is -1.04. The normalized spacial score (nSPS) is 14.8. The molecule has 0 saturated carbocycles. The van der Waals surface area contributed by atoms with Gasteiger partial charge in [0.1, 0.15) is 0 Å². The molecule has 3 nitrogen and oxygen atoms in total. The molecule has 2 aromatic rings. The van der Waals surface area contributed by atoms with Crippen LogP contribution in [-0.4, -0.2) is 18.8 Å². The Labute approximate surface area is 119 Å². The highest BCUT2D eigenvalue weighted by Crippen LogP contribution is 2.26. The maximum absolute atomic E-state index is 12.5. The fraction of sp³-hybridized carbons (Fsp3) is 0.250. The van der Waals surface area contributed by atoms with E-state index in [1.807, 2.05) is 13.0 Å². The minimum Gasteiger partial charge on any atom is -0.387 e. The summed E-state index contributed by atoms with van der Waals surface area (Å²) in [6.45, 7) is 3.44. The maximum Gasteiger partial charge on any atom is 0.183 e. The third-order valence-corrected chi connectivity index (χ3v) is 5.59. The standard InChI is InChI=1S/C16H18O3S/c1-12-8-10-15(11-9-12)20(18,19)13(2)16(17)14-6-4-3-5-7-14/h3-11,13,16-17H,1-2H3/t13-,16+/m1/s1. The van der Waals surface area contributed by atoms with Crippen LogP contribution < -0.4 is 0 Å². The molecule has 0 saturated heterocycles. The Bertz CT molecular complexity index is 661. The molecule has 2 aromatic carbocycles. The first-order chi connectivity index (χ1) is 9.43. The predicted molar refractivity (Wildman–Crippen MR) is 79.2 cm³/mol. The van der Waals surface area contributed by atoms with Crippen molar-refractivity contribution in [3.63, 3.8) is 0 Å². The Morgan fingerprint density at radius 3 is 2.05 bits per heavy atom. The van der Waals surface area contributed by atoms with Gasteiger partial charge in [0.25, 0.3) is 0 Å². The molecule has 0 spiro atoms. The summed E-state index contributed by atoms with van der Waals surface area (Å²) in [5.41, 5.74) is 1.61. The number of benzene rings is 2. The molecule has 106 valence electrons. The van der Waals surface area contributed by atoms with E-state index in [1.165, 1.54) is 6.92 Å². The Balaban J connectivity index is 2.32. The van der Waals surface area contributed by atoms with E-state index in [0.29, 0.717) is 5.56 Å². The molecular formula is C16H18O3S. The third kappa shape index (κ3) is 2.92. The van der Waals surface area contributed by atoms with Gasteiger partial charge in [-0.05, 0) is 31.5 Å². The van der Waals surface area contributed by atoms with E-state index in [1.54, 1.807) is 48.5 Å². The van der Waals surface area contributed by atoms with Crippen molar-refractivity contribution in [2.75, 3.05) is 0 Å². The van der Waals surface area contributed by atoms with Crippen molar-refractivity contribution in [1.29, 1.82) is 0 Å². The van der Waals surface area contributed by atoms with Crippen LogP contribution in [0.4, 0.5) is 0 Å². The Hall–Kier alpha value is -1.65. The predicted octanol–water partition coefficient (Wildman–Crippen LogP) is 2.89. The second kappa shape index (κ2) is 5.77. The third-order valence-electron chi connectivity index (χ3n) is 3.42. The van der Waals surface area contributed by atoms with E-state index in [0.717, 1.165) is 5.56 Å². The van der Waals surface area contributed by atoms with Crippen molar-refractivity contribution in [1.82, 2.24) is 0 Å². The number of hydrogen-bond acceptors (Lipinski definition) is 3. The SMILES string of the molecule is Cc1ccc(S(=O)(=O)[C@H](C)[C@H](O)c2ccccc2)cc1. The molecule has 20 heavy (non-hydrogen) atoms. The van der Waals surface area contributed by atoms with Gasteiger partial charge in [-0.1, -0.05) is 48.0 Å². The maximum atomic E-state index is 12.5. The van der Waals surface area contributed by atoms with E-state index in [4.69, 9.17) is 0 Å². The monoisotopic (exact) mass is 290 g/mol. The second-order valence-electron chi connectivity index (χ2n) is 4.92. The number of hydrogen-bond donors (Lipinski definition) is 1. The lowest BCUT2D eigenvalue weighted by atomic mass is 10.1. The van der Waals surface area contributed by atoms with Gasteiger partial charge in [-0.2, -0.15) is 0 Å². The van der Waals surface area contributed by atoms with Crippen LogP contribution in [0.2, 0.25) is 0 Å². The summed E-state index contributed by atoms with van der Waals surface area (Å²) in [5.74, 6) is 0. The van der Waals surface area contributed by atoms with Gasteiger partial charge in [0.15, 0.2) is 9.84 Å². The number of aryl methyl sites for hydroxylation is 1. The number of rotatable bonds is 4. The van der Waals surface area contributed by atoms with Gasteiger partial charge in [-0.3, -0.25) is 0 Å². The lowest BCUT2D eigenvalue weighted by Crippen LogP contribution is -2.25. The highest BCUT2D eigenvalue weighted by atomic mass is 32.2. The molecule has 0 bridgehead atoms. The molecule has 0 aliphatic carbocycles. The van der Waals surface area contributed by atoms with Gasteiger partial charge < -0.3 is 5.11 Å². The van der Waals surface area contributed by atoms with E-state index in [2.05, 4.69) is 0 Å². The lowest BCUT2D eigenvalue weighted by Gasteiger charge is -2.19. The molecule has 0 fully saturated rings. The van der Waals surface area contributed by atoms with Crippen LogP contribution in [0.15, 0.2) is 59.5 Å². The first kappa shape index (κ1) is 14.8. The molecule has 4 heteroatoms. The quantitative estimate of drug-likeness (QED) is 0.942. The molecule has 0 heterocycles. The highest BCUT2D eigenvalue weighted by Gasteiger charge is 2.30. The summed E-state index contributed by atoms with van der Waals surface area (Å²) in [5, 5.41) is 9.37. The van der Waals surface area contributed by atoms with Gasteiger partial charge in [-0.15, -0.1) is 0 Å². The summed E-state index contributed by atoms with van der Waals surface area (Å²) in [7, 11) is -3.55. The van der Waals surface area contributed by atoms with Crippen molar-refractivity contribution < 1.29 is 13.5 Å². The Morgan fingerprint density at radius 2 is 1.50 bits per heavy atom. The molecular weight excluding hydrogens is 272 g/mol. The smallest absolute Gasteiger partial charge is 0.183 e. The van der Waals surface area contributed by atoms with E-state index in [-0.39, 0.29) is 4.90 Å². The molecule has 0 aromatic heterocycles. The van der Waals surface area contributed by atoms with Crippen molar-refractivity contribution in [2.45, 2.75) is 30.1 Å². The van der Waals surface area contributed by atoms with Crippen LogP contribution in [0.5, 0.6) is 0 Å². The largest absolute Gasteiger partial charge is 0.387 e. The first-order valence-corrected chi connectivity index (χ1v) is 8.01. The highest BCUT2D eigenvalue weighted by molar-refractivity contribution is 7.92.